The number of nitrogens with zero attached hydrogens (tertiary/aromatic N) is 1. The molecule has 1 heterocycles. The van der Waals surface area contributed by atoms with Crippen LogP contribution in [0.1, 0.15) is 31.7 Å². The molecule has 0 aromatic heterocycles. The lowest BCUT2D eigenvalue weighted by molar-refractivity contribution is -0.920. The Bertz CT molecular complexity index is 501. The molecule has 0 atom stereocenters. The maximum absolute atomic E-state index is 11.8. The van der Waals surface area contributed by atoms with Gasteiger partial charge in [-0.1, -0.05) is 35.9 Å². The van der Waals surface area contributed by atoms with Crippen molar-refractivity contribution in [3.63, 3.8) is 0 Å². The summed E-state index contributed by atoms with van der Waals surface area (Å²) in [6.07, 6.45) is 7.01. The number of carbonyl (C=O) groups is 1. The molecular formula is C19H28NO2+. The fourth-order valence-corrected chi connectivity index (χ4v) is 3.27. The van der Waals surface area contributed by atoms with Gasteiger partial charge in [0, 0.05) is 0 Å². The van der Waals surface area contributed by atoms with Crippen LogP contribution in [-0.2, 0) is 16.0 Å². The molecule has 120 valence electrons. The molecule has 0 spiro atoms. The van der Waals surface area contributed by atoms with Crippen molar-refractivity contribution in [2.75, 3.05) is 33.3 Å². The summed E-state index contributed by atoms with van der Waals surface area (Å²) in [7, 11) is 1.49. The molecule has 0 unspecified atom stereocenters. The number of carbonyl (C=O) groups excluding carboxylic acids is 1. The number of allylic oxidation sites excluding steroid dienone is 1. The second-order valence-electron chi connectivity index (χ2n) is 6.48. The molecule has 1 aliphatic rings. The molecular weight excluding hydrogens is 274 g/mol. The number of rotatable bonds is 6. The predicted octanol–water partition coefficient (Wildman–Crippen LogP) is 3.35. The molecule has 0 saturated carbocycles. The Kier molecular flexibility index (Phi) is 6.20. The summed E-state index contributed by atoms with van der Waals surface area (Å²) in [5.74, 6) is -0.0870. The van der Waals surface area contributed by atoms with Gasteiger partial charge in [0.2, 0.25) is 0 Å². The summed E-state index contributed by atoms with van der Waals surface area (Å²) in [5, 5.41) is 0. The maximum Gasteiger partial charge on any atom is 0.361 e. The van der Waals surface area contributed by atoms with Gasteiger partial charge in [0.05, 0.1) is 26.7 Å². The molecule has 1 aromatic carbocycles. The topological polar surface area (TPSA) is 26.3 Å². The van der Waals surface area contributed by atoms with Crippen LogP contribution in [0.25, 0.3) is 0 Å². The number of piperidine rings is 1. The van der Waals surface area contributed by atoms with Crippen LogP contribution in [0.4, 0.5) is 0 Å². The first-order valence-corrected chi connectivity index (χ1v) is 8.25. The number of hydrogen-bond donors (Lipinski definition) is 0. The Morgan fingerprint density at radius 3 is 2.50 bits per heavy atom. The predicted molar refractivity (Wildman–Crippen MR) is 89.5 cm³/mol. The highest BCUT2D eigenvalue weighted by molar-refractivity contribution is 5.70. The Morgan fingerprint density at radius 2 is 1.86 bits per heavy atom. The van der Waals surface area contributed by atoms with Crippen molar-refractivity contribution in [1.82, 2.24) is 0 Å². The van der Waals surface area contributed by atoms with Crippen molar-refractivity contribution < 1.29 is 14.0 Å². The summed E-state index contributed by atoms with van der Waals surface area (Å²) in [6.45, 7) is 5.80. The van der Waals surface area contributed by atoms with Gasteiger partial charge in [0.1, 0.15) is 0 Å². The van der Waals surface area contributed by atoms with E-state index in [2.05, 4.69) is 37.3 Å². The summed E-state index contributed by atoms with van der Waals surface area (Å²) in [4.78, 5) is 11.8. The van der Waals surface area contributed by atoms with E-state index in [4.69, 9.17) is 4.74 Å². The van der Waals surface area contributed by atoms with Crippen LogP contribution in [0.15, 0.2) is 42.0 Å². The average molecular weight is 302 g/mol. The number of esters is 1. The number of quaternary nitrogens is 1. The van der Waals surface area contributed by atoms with E-state index >= 15 is 0 Å². The first-order chi connectivity index (χ1) is 10.6. The molecule has 1 aromatic rings. The van der Waals surface area contributed by atoms with Crippen molar-refractivity contribution in [1.29, 1.82) is 0 Å². The van der Waals surface area contributed by atoms with Crippen molar-refractivity contribution in [2.24, 2.45) is 0 Å². The largest absolute Gasteiger partial charge is 0.465 e. The Labute approximate surface area is 134 Å². The molecule has 2 rings (SSSR count). The van der Waals surface area contributed by atoms with Crippen LogP contribution in [0.2, 0.25) is 0 Å². The third-order valence-electron chi connectivity index (χ3n) is 4.61. The maximum atomic E-state index is 11.8. The van der Waals surface area contributed by atoms with E-state index in [0.29, 0.717) is 6.54 Å². The van der Waals surface area contributed by atoms with E-state index in [9.17, 15) is 4.79 Å². The zero-order valence-electron chi connectivity index (χ0n) is 13.9. The number of benzene rings is 1. The van der Waals surface area contributed by atoms with Crippen LogP contribution in [0.5, 0.6) is 0 Å². The second-order valence-corrected chi connectivity index (χ2v) is 6.48. The lowest BCUT2D eigenvalue weighted by atomic mass is 10.0. The third-order valence-corrected chi connectivity index (χ3v) is 4.61. The number of hydrogen-bond acceptors (Lipinski definition) is 2. The van der Waals surface area contributed by atoms with E-state index in [0.717, 1.165) is 30.5 Å². The Hall–Kier alpha value is -1.61. The van der Waals surface area contributed by atoms with E-state index in [1.54, 1.807) is 0 Å². The highest BCUT2D eigenvalue weighted by Crippen LogP contribution is 2.20. The molecule has 0 N–H and O–H groups in total. The van der Waals surface area contributed by atoms with Crippen LogP contribution in [0, 0.1) is 0 Å². The van der Waals surface area contributed by atoms with Gasteiger partial charge in [0.15, 0.2) is 6.54 Å². The van der Waals surface area contributed by atoms with Gasteiger partial charge in [0.25, 0.3) is 0 Å². The van der Waals surface area contributed by atoms with Crippen molar-refractivity contribution in [3.8, 4) is 0 Å². The van der Waals surface area contributed by atoms with Gasteiger partial charge in [-0.15, -0.1) is 0 Å². The molecule has 1 saturated heterocycles. The molecule has 0 aliphatic carbocycles. The van der Waals surface area contributed by atoms with Gasteiger partial charge in [-0.25, -0.2) is 4.79 Å². The quantitative estimate of drug-likeness (QED) is 0.457. The molecule has 3 heteroatoms. The van der Waals surface area contributed by atoms with E-state index in [1.807, 2.05) is 6.07 Å². The lowest BCUT2D eigenvalue weighted by Crippen LogP contribution is -2.54. The summed E-state index contributed by atoms with van der Waals surface area (Å²) in [5.41, 5.74) is 2.72. The zero-order chi connectivity index (χ0) is 15.8. The zero-order valence-corrected chi connectivity index (χ0v) is 13.9. The molecule has 3 nitrogen and oxygen atoms in total. The fourth-order valence-electron chi connectivity index (χ4n) is 3.27. The van der Waals surface area contributed by atoms with Crippen molar-refractivity contribution in [2.45, 2.75) is 32.6 Å². The minimum atomic E-state index is -0.0870. The lowest BCUT2D eigenvalue weighted by Gasteiger charge is -2.40. The van der Waals surface area contributed by atoms with Crippen molar-refractivity contribution in [3.05, 3.63) is 47.5 Å². The number of methoxy groups -OCH3 is 1. The van der Waals surface area contributed by atoms with Gasteiger partial charge < -0.3 is 9.22 Å². The van der Waals surface area contributed by atoms with Crippen LogP contribution >= 0.6 is 0 Å². The minimum Gasteiger partial charge on any atom is -0.465 e. The SMILES string of the molecule is COC(=O)C[N+]1(C/C=C(\C)Cc2ccccc2)CCCCC1. The molecule has 0 bridgehead atoms. The Balaban J connectivity index is 2.00. The van der Waals surface area contributed by atoms with E-state index in [-0.39, 0.29) is 5.97 Å². The van der Waals surface area contributed by atoms with Crippen molar-refractivity contribution >= 4 is 5.97 Å². The fraction of sp³-hybridized carbons (Fsp3) is 0.526. The van der Waals surface area contributed by atoms with Gasteiger partial charge in [-0.2, -0.15) is 0 Å². The van der Waals surface area contributed by atoms with Crippen LogP contribution in [-0.4, -0.2) is 43.7 Å². The van der Waals surface area contributed by atoms with E-state index < -0.39 is 0 Å². The Morgan fingerprint density at radius 1 is 1.18 bits per heavy atom. The highest BCUT2D eigenvalue weighted by Gasteiger charge is 2.31. The highest BCUT2D eigenvalue weighted by atomic mass is 16.5. The first kappa shape index (κ1) is 16.8. The standard InChI is InChI=1S/C19H28NO2/c1-17(15-18-9-5-3-6-10-18)11-14-20(16-19(21)22-2)12-7-4-8-13-20/h3,5-6,9-11H,4,7-8,12-16H2,1-2H3/q+1/b17-11+. The average Bonchev–Trinajstić information content (AvgIpc) is 2.55. The molecule has 0 amide bonds. The summed E-state index contributed by atoms with van der Waals surface area (Å²) >= 11 is 0. The molecule has 1 aliphatic heterocycles. The first-order valence-electron chi connectivity index (χ1n) is 8.25. The normalized spacial score (nSPS) is 18.0. The summed E-state index contributed by atoms with van der Waals surface area (Å²) < 4.78 is 5.77. The third kappa shape index (κ3) is 4.99. The second kappa shape index (κ2) is 8.14. The van der Waals surface area contributed by atoms with E-state index in [1.165, 1.54) is 37.5 Å². The number of ether oxygens (including phenoxy) is 1. The monoisotopic (exact) mass is 302 g/mol. The minimum absolute atomic E-state index is 0.0870. The summed E-state index contributed by atoms with van der Waals surface area (Å²) in [6, 6.07) is 10.5. The van der Waals surface area contributed by atoms with Crippen LogP contribution in [0.3, 0.4) is 0 Å². The molecule has 1 fully saturated rings. The van der Waals surface area contributed by atoms with Gasteiger partial charge in [-0.3, -0.25) is 0 Å². The molecule has 0 radical (unpaired) electrons. The smallest absolute Gasteiger partial charge is 0.361 e. The van der Waals surface area contributed by atoms with Gasteiger partial charge in [-0.05, 0) is 44.2 Å². The van der Waals surface area contributed by atoms with Crippen LogP contribution < -0.4 is 0 Å². The number of likely N-dealkylation sites (tertiary alicyclic amines) is 1. The van der Waals surface area contributed by atoms with Gasteiger partial charge >= 0.3 is 5.97 Å². The molecule has 22 heavy (non-hydrogen) atoms.